The van der Waals surface area contributed by atoms with Crippen LogP contribution in [0.4, 0.5) is 4.79 Å². The van der Waals surface area contributed by atoms with E-state index in [4.69, 9.17) is 21.1 Å². The van der Waals surface area contributed by atoms with Gasteiger partial charge >= 0.3 is 6.09 Å². The van der Waals surface area contributed by atoms with E-state index >= 15 is 0 Å². The molecule has 134 valence electrons. The summed E-state index contributed by atoms with van der Waals surface area (Å²) in [4.78, 5) is 11.4. The summed E-state index contributed by atoms with van der Waals surface area (Å²) in [7, 11) is 1.58. The Morgan fingerprint density at radius 3 is 2.32 bits per heavy atom. The van der Waals surface area contributed by atoms with Crippen LogP contribution in [0.3, 0.4) is 0 Å². The average Bonchev–Trinajstić information content (AvgIpc) is 2.63. The molecule has 6 nitrogen and oxygen atoms in total. The number of likely N-dealkylation sites (N-methyl/N-ethyl adjacent to an activating group) is 1. The fourth-order valence-electron chi connectivity index (χ4n) is 1.96. The third-order valence-corrected chi connectivity index (χ3v) is 3.61. The summed E-state index contributed by atoms with van der Waals surface area (Å²) in [5.74, 6) is 1.44. The monoisotopic (exact) mass is 364 g/mol. The van der Waals surface area contributed by atoms with E-state index in [0.717, 1.165) is 11.3 Å². The van der Waals surface area contributed by atoms with Gasteiger partial charge in [0.25, 0.3) is 0 Å². The van der Waals surface area contributed by atoms with Crippen molar-refractivity contribution in [2.45, 2.75) is 12.6 Å². The standard InChI is InChI=1S/C18H21ClN2O4/c1-20-17(22)12-24-18(23)21-11-10-13-2-6-15(7-3-13)25-16-8-4-14(19)5-9-16/h2-9,17,20,22H,10-12H2,1H3,(H,21,23). The SMILES string of the molecule is CNC(O)COC(=O)NCCc1ccc(Oc2ccc(Cl)cc2)cc1. The van der Waals surface area contributed by atoms with E-state index in [9.17, 15) is 9.90 Å². The van der Waals surface area contributed by atoms with E-state index in [1.54, 1.807) is 31.3 Å². The second-order valence-electron chi connectivity index (χ2n) is 5.28. The lowest BCUT2D eigenvalue weighted by Crippen LogP contribution is -2.34. The summed E-state index contributed by atoms with van der Waals surface area (Å²) in [6.45, 7) is 0.338. The highest BCUT2D eigenvalue weighted by Crippen LogP contribution is 2.23. The molecule has 1 atom stereocenters. The van der Waals surface area contributed by atoms with Gasteiger partial charge in [0.05, 0.1) is 0 Å². The number of halogens is 1. The molecule has 2 aromatic carbocycles. The van der Waals surface area contributed by atoms with Gasteiger partial charge in [-0.1, -0.05) is 23.7 Å². The molecule has 25 heavy (non-hydrogen) atoms. The summed E-state index contributed by atoms with van der Waals surface area (Å²) in [6.07, 6.45) is -0.763. The van der Waals surface area contributed by atoms with Crippen LogP contribution in [0, 0.1) is 0 Å². The third-order valence-electron chi connectivity index (χ3n) is 3.36. The van der Waals surface area contributed by atoms with E-state index in [1.807, 2.05) is 24.3 Å². The molecule has 0 aromatic heterocycles. The summed E-state index contributed by atoms with van der Waals surface area (Å²) in [5.41, 5.74) is 1.05. The van der Waals surface area contributed by atoms with E-state index in [-0.39, 0.29) is 6.61 Å². The van der Waals surface area contributed by atoms with Gasteiger partial charge in [0.15, 0.2) is 0 Å². The number of carbonyl (C=O) groups excluding carboxylic acids is 1. The lowest BCUT2D eigenvalue weighted by atomic mass is 10.1. The minimum absolute atomic E-state index is 0.0981. The summed E-state index contributed by atoms with van der Waals surface area (Å²) >= 11 is 5.84. The summed E-state index contributed by atoms with van der Waals surface area (Å²) < 4.78 is 10.6. The number of ether oxygens (including phenoxy) is 2. The summed E-state index contributed by atoms with van der Waals surface area (Å²) in [5, 5.41) is 15.1. The minimum Gasteiger partial charge on any atom is -0.457 e. The van der Waals surface area contributed by atoms with Gasteiger partial charge < -0.3 is 19.9 Å². The highest BCUT2D eigenvalue weighted by atomic mass is 35.5. The zero-order valence-electron chi connectivity index (χ0n) is 13.9. The summed E-state index contributed by atoms with van der Waals surface area (Å²) in [6, 6.07) is 14.7. The predicted octanol–water partition coefficient (Wildman–Crippen LogP) is 2.94. The maximum atomic E-state index is 11.4. The van der Waals surface area contributed by atoms with Gasteiger partial charge in [-0.2, -0.15) is 0 Å². The molecular formula is C18H21ClN2O4. The number of amides is 1. The zero-order valence-corrected chi connectivity index (χ0v) is 14.6. The van der Waals surface area contributed by atoms with Crippen molar-refractivity contribution < 1.29 is 19.4 Å². The molecule has 2 aromatic rings. The largest absolute Gasteiger partial charge is 0.457 e. The fraction of sp³-hybridized carbons (Fsp3) is 0.278. The first-order valence-corrected chi connectivity index (χ1v) is 8.23. The van der Waals surface area contributed by atoms with Gasteiger partial charge in [-0.3, -0.25) is 5.32 Å². The van der Waals surface area contributed by atoms with Crippen molar-refractivity contribution in [2.24, 2.45) is 0 Å². The Bertz CT molecular complexity index is 662. The van der Waals surface area contributed by atoms with Gasteiger partial charge in [0.2, 0.25) is 0 Å². The Hall–Kier alpha value is -2.28. The Morgan fingerprint density at radius 2 is 1.72 bits per heavy atom. The van der Waals surface area contributed by atoms with Gasteiger partial charge in [-0.05, 0) is 55.4 Å². The lowest BCUT2D eigenvalue weighted by molar-refractivity contribution is 0.0536. The highest BCUT2D eigenvalue weighted by Gasteiger charge is 2.06. The van der Waals surface area contributed by atoms with Gasteiger partial charge in [0, 0.05) is 11.6 Å². The molecule has 1 amide bonds. The number of rotatable bonds is 8. The molecule has 7 heteroatoms. The molecule has 0 heterocycles. The van der Waals surface area contributed by atoms with E-state index < -0.39 is 12.3 Å². The van der Waals surface area contributed by atoms with Gasteiger partial charge in [-0.15, -0.1) is 0 Å². The van der Waals surface area contributed by atoms with Crippen LogP contribution >= 0.6 is 11.6 Å². The van der Waals surface area contributed by atoms with Crippen molar-refractivity contribution >= 4 is 17.7 Å². The Kier molecular flexibility index (Phi) is 7.53. The molecule has 0 fully saturated rings. The molecule has 0 aliphatic heterocycles. The molecule has 1 unspecified atom stereocenters. The molecule has 0 saturated carbocycles. The minimum atomic E-state index is -0.862. The smallest absolute Gasteiger partial charge is 0.407 e. The van der Waals surface area contributed by atoms with Gasteiger partial charge in [0.1, 0.15) is 24.3 Å². The number of benzene rings is 2. The van der Waals surface area contributed by atoms with Crippen molar-refractivity contribution in [3.63, 3.8) is 0 Å². The second kappa shape index (κ2) is 9.88. The lowest BCUT2D eigenvalue weighted by Gasteiger charge is -2.11. The quantitative estimate of drug-likeness (QED) is 0.627. The van der Waals surface area contributed by atoms with Crippen molar-refractivity contribution in [1.29, 1.82) is 0 Å². The first-order valence-electron chi connectivity index (χ1n) is 7.85. The fourth-order valence-corrected chi connectivity index (χ4v) is 2.09. The number of carbonyl (C=O) groups is 1. The molecule has 0 radical (unpaired) electrons. The number of aliphatic hydroxyl groups excluding tert-OH is 1. The predicted molar refractivity (Wildman–Crippen MR) is 96.1 cm³/mol. The van der Waals surface area contributed by atoms with Crippen LogP contribution in [0.15, 0.2) is 48.5 Å². The van der Waals surface area contributed by atoms with Gasteiger partial charge in [-0.25, -0.2) is 4.79 Å². The molecule has 0 aliphatic rings. The Labute approximate surface area is 151 Å². The maximum absolute atomic E-state index is 11.4. The van der Waals surface area contributed by atoms with Crippen LogP contribution in [0.2, 0.25) is 5.02 Å². The van der Waals surface area contributed by atoms with Crippen molar-refractivity contribution in [3.8, 4) is 11.5 Å². The maximum Gasteiger partial charge on any atom is 0.407 e. The average molecular weight is 365 g/mol. The highest BCUT2D eigenvalue weighted by molar-refractivity contribution is 6.30. The molecule has 2 rings (SSSR count). The van der Waals surface area contributed by atoms with Crippen LogP contribution < -0.4 is 15.4 Å². The molecule has 3 N–H and O–H groups in total. The Balaban J connectivity index is 1.73. The number of aliphatic hydroxyl groups is 1. The first-order chi connectivity index (χ1) is 12.1. The number of nitrogens with one attached hydrogen (secondary N) is 2. The molecule has 0 saturated heterocycles. The normalized spacial score (nSPS) is 11.6. The zero-order chi connectivity index (χ0) is 18.1. The second-order valence-corrected chi connectivity index (χ2v) is 5.72. The number of hydrogen-bond donors (Lipinski definition) is 3. The van der Waals surface area contributed by atoms with Crippen LogP contribution in [0.5, 0.6) is 11.5 Å². The van der Waals surface area contributed by atoms with Crippen LogP contribution in [-0.4, -0.2) is 37.6 Å². The van der Waals surface area contributed by atoms with E-state index in [2.05, 4.69) is 10.6 Å². The molecule has 0 bridgehead atoms. The molecule has 0 aliphatic carbocycles. The topological polar surface area (TPSA) is 79.8 Å². The third kappa shape index (κ3) is 7.01. The van der Waals surface area contributed by atoms with Crippen LogP contribution in [0.1, 0.15) is 5.56 Å². The van der Waals surface area contributed by atoms with E-state index in [1.165, 1.54) is 0 Å². The van der Waals surface area contributed by atoms with E-state index in [0.29, 0.717) is 23.7 Å². The first kappa shape index (κ1) is 19.1. The molecule has 0 spiro atoms. The van der Waals surface area contributed by atoms with Crippen molar-refractivity contribution in [2.75, 3.05) is 20.2 Å². The van der Waals surface area contributed by atoms with Crippen molar-refractivity contribution in [1.82, 2.24) is 10.6 Å². The Morgan fingerprint density at radius 1 is 1.12 bits per heavy atom. The molecular weight excluding hydrogens is 344 g/mol. The number of alkyl carbamates (subject to hydrolysis) is 1. The van der Waals surface area contributed by atoms with Crippen LogP contribution in [-0.2, 0) is 11.2 Å². The van der Waals surface area contributed by atoms with Crippen LogP contribution in [0.25, 0.3) is 0 Å². The number of hydrogen-bond acceptors (Lipinski definition) is 5. The van der Waals surface area contributed by atoms with Crippen molar-refractivity contribution in [3.05, 3.63) is 59.1 Å².